The Morgan fingerprint density at radius 1 is 1.24 bits per heavy atom. The molecule has 0 unspecified atom stereocenters. The fraction of sp³-hybridized carbons (Fsp3) is 0.200. The number of anilines is 1. The highest BCUT2D eigenvalue weighted by Gasteiger charge is 2.36. The van der Waals surface area contributed by atoms with E-state index in [1.807, 2.05) is 0 Å². The third kappa shape index (κ3) is 4.00. The maximum atomic E-state index is 14.2. The van der Waals surface area contributed by atoms with E-state index in [1.54, 1.807) is 0 Å². The van der Waals surface area contributed by atoms with E-state index in [4.69, 9.17) is 4.42 Å². The number of halogens is 5. The molecule has 0 radical (unpaired) electrons. The monoisotopic (exact) mass is 500 g/mol. The second-order valence-corrected chi connectivity index (χ2v) is 8.04. The van der Waals surface area contributed by atoms with Crippen molar-refractivity contribution in [1.29, 1.82) is 0 Å². The van der Waals surface area contributed by atoms with Crippen molar-refractivity contribution in [1.82, 2.24) is 14.5 Å². The number of aryl methyl sites for hydroxylation is 1. The van der Waals surface area contributed by atoms with Crippen molar-refractivity contribution in [2.45, 2.75) is 19.5 Å². The topological polar surface area (TPSA) is 110 Å². The first-order valence-electron chi connectivity index (χ1n) is 9.40. The van der Waals surface area contributed by atoms with Gasteiger partial charge in [0.15, 0.2) is 16.8 Å². The average molecular weight is 500 g/mol. The normalized spacial score (nSPS) is 11.9. The van der Waals surface area contributed by atoms with Crippen molar-refractivity contribution >= 4 is 33.5 Å². The molecule has 14 heteroatoms. The van der Waals surface area contributed by atoms with Crippen LogP contribution in [0.1, 0.15) is 16.9 Å². The van der Waals surface area contributed by atoms with Gasteiger partial charge in [-0.1, -0.05) is 0 Å². The van der Waals surface area contributed by atoms with Crippen LogP contribution in [-0.4, -0.2) is 20.4 Å². The second kappa shape index (κ2) is 8.20. The lowest BCUT2D eigenvalue weighted by Gasteiger charge is -2.10. The van der Waals surface area contributed by atoms with Crippen molar-refractivity contribution in [3.05, 3.63) is 66.9 Å². The van der Waals surface area contributed by atoms with Crippen LogP contribution in [0.2, 0.25) is 0 Å². The third-order valence-corrected chi connectivity index (χ3v) is 5.76. The van der Waals surface area contributed by atoms with Crippen LogP contribution in [0.4, 0.5) is 27.1 Å². The molecular weight excluding hydrogens is 487 g/mol. The van der Waals surface area contributed by atoms with Crippen LogP contribution in [0, 0.1) is 18.6 Å². The Kier molecular flexibility index (Phi) is 5.63. The molecule has 0 aliphatic carbocycles. The number of alkyl halides is 3. The Hall–Kier alpha value is -3.81. The van der Waals surface area contributed by atoms with E-state index in [0.29, 0.717) is 6.07 Å². The highest BCUT2D eigenvalue weighted by molar-refractivity contribution is 7.14. The summed E-state index contributed by atoms with van der Waals surface area (Å²) in [6.07, 6.45) is -5.40. The molecule has 0 bridgehead atoms. The van der Waals surface area contributed by atoms with Crippen LogP contribution in [-0.2, 0) is 24.4 Å². The molecular formula is C20H13F5N4O4S. The predicted molar refractivity (Wildman–Crippen MR) is 112 cm³/mol. The smallest absolute Gasteiger partial charge is 0.419 e. The molecule has 4 rings (SSSR count). The summed E-state index contributed by atoms with van der Waals surface area (Å²) in [5.41, 5.74) is -3.62. The summed E-state index contributed by atoms with van der Waals surface area (Å²) in [7, 11) is 1.26. The number of nitrogens with one attached hydrogen (secondary N) is 2. The molecule has 178 valence electrons. The second-order valence-electron chi connectivity index (χ2n) is 7.18. The molecule has 0 aliphatic heterocycles. The molecule has 0 spiro atoms. The molecule has 1 aromatic carbocycles. The van der Waals surface area contributed by atoms with Gasteiger partial charge >= 0.3 is 11.9 Å². The zero-order chi connectivity index (χ0) is 24.9. The lowest BCUT2D eigenvalue weighted by molar-refractivity contribution is -0.140. The number of aromatic nitrogens is 3. The van der Waals surface area contributed by atoms with Gasteiger partial charge in [-0.2, -0.15) is 13.2 Å². The number of hydrogen-bond donors (Lipinski definition) is 2. The van der Waals surface area contributed by atoms with Crippen LogP contribution in [0.15, 0.2) is 31.5 Å². The number of fused-ring (bicyclic) bond motifs is 1. The molecule has 3 aromatic heterocycles. The van der Waals surface area contributed by atoms with E-state index in [9.17, 15) is 36.3 Å². The van der Waals surface area contributed by atoms with Gasteiger partial charge in [0.25, 0.3) is 5.56 Å². The number of carbonyl (C=O) groups is 1. The minimum atomic E-state index is -5.06. The number of hydrogen-bond acceptors (Lipinski definition) is 6. The van der Waals surface area contributed by atoms with Crippen molar-refractivity contribution in [2.24, 2.45) is 7.05 Å². The predicted octanol–water partition coefficient (Wildman–Crippen LogP) is 3.73. The van der Waals surface area contributed by atoms with E-state index < -0.39 is 46.1 Å². The molecule has 0 aliphatic rings. The number of rotatable bonds is 4. The highest BCUT2D eigenvalue weighted by atomic mass is 32.1. The van der Waals surface area contributed by atoms with Gasteiger partial charge in [0.05, 0.1) is 17.7 Å². The Balaban J connectivity index is 1.58. The van der Waals surface area contributed by atoms with Gasteiger partial charge in [-0.05, 0) is 19.1 Å². The van der Waals surface area contributed by atoms with E-state index in [1.165, 1.54) is 19.4 Å². The van der Waals surface area contributed by atoms with Crippen LogP contribution in [0.3, 0.4) is 0 Å². The molecule has 0 fully saturated rings. The summed E-state index contributed by atoms with van der Waals surface area (Å²) in [6.45, 7) is 1.50. The number of thiazole rings is 1. The van der Waals surface area contributed by atoms with E-state index in [0.717, 1.165) is 22.0 Å². The quantitative estimate of drug-likeness (QED) is 0.415. The summed E-state index contributed by atoms with van der Waals surface area (Å²) < 4.78 is 72.5. The average Bonchev–Trinajstić information content (AvgIpc) is 3.31. The summed E-state index contributed by atoms with van der Waals surface area (Å²) in [6, 6.07) is 1.16. The number of carbonyl (C=O) groups excluding carboxylic acids is 1. The van der Waals surface area contributed by atoms with Crippen molar-refractivity contribution in [3.63, 3.8) is 0 Å². The van der Waals surface area contributed by atoms with Crippen molar-refractivity contribution in [2.75, 3.05) is 5.32 Å². The van der Waals surface area contributed by atoms with Crippen LogP contribution in [0.25, 0.3) is 22.4 Å². The molecule has 2 N–H and O–H groups in total. The molecule has 0 saturated heterocycles. The largest absolute Gasteiger partial charge is 0.444 e. The van der Waals surface area contributed by atoms with Crippen LogP contribution < -0.4 is 16.6 Å². The number of amides is 1. The first-order valence-corrected chi connectivity index (χ1v) is 10.3. The van der Waals surface area contributed by atoms with Crippen molar-refractivity contribution in [3.8, 4) is 11.3 Å². The summed E-state index contributed by atoms with van der Waals surface area (Å²) in [5, 5.41) is 3.65. The van der Waals surface area contributed by atoms with Crippen LogP contribution >= 0.6 is 11.3 Å². The fourth-order valence-corrected chi connectivity index (χ4v) is 4.02. The summed E-state index contributed by atoms with van der Waals surface area (Å²) in [5.74, 6) is -4.18. The van der Waals surface area contributed by atoms with Crippen LogP contribution in [0.5, 0.6) is 0 Å². The van der Waals surface area contributed by atoms with Gasteiger partial charge in [-0.3, -0.25) is 19.1 Å². The van der Waals surface area contributed by atoms with Gasteiger partial charge in [-0.25, -0.2) is 18.6 Å². The standard InChI is InChI=1S/C20H13F5N4O4S/c1-7-9(13-16(33-7)28-19(32)29(2)17(13)31)5-12(30)27-18-26-11(6-34-18)8-3-4-10(20(23,24)25)15(22)14(8)21/h3-4,6H,5H2,1-2H3,(H,28,32)(H,26,27,30). The zero-order valence-corrected chi connectivity index (χ0v) is 18.1. The van der Waals surface area contributed by atoms with E-state index in [-0.39, 0.29) is 39.7 Å². The summed E-state index contributed by atoms with van der Waals surface area (Å²) >= 11 is 0.834. The molecule has 1 amide bonds. The SMILES string of the molecule is Cc1oc2[nH]c(=O)n(C)c(=O)c2c1CC(=O)Nc1nc(-c2ccc(C(F)(F)F)c(F)c2F)cs1. The number of aromatic amines is 1. The minimum absolute atomic E-state index is 0.0249. The Morgan fingerprint density at radius 3 is 2.62 bits per heavy atom. The lowest BCUT2D eigenvalue weighted by Crippen LogP contribution is -2.32. The maximum absolute atomic E-state index is 14.2. The maximum Gasteiger partial charge on any atom is 0.419 e. The molecule has 8 nitrogen and oxygen atoms in total. The Labute approximate surface area is 189 Å². The Morgan fingerprint density at radius 2 is 1.94 bits per heavy atom. The highest BCUT2D eigenvalue weighted by Crippen LogP contribution is 2.36. The fourth-order valence-electron chi connectivity index (χ4n) is 3.29. The van der Waals surface area contributed by atoms with Gasteiger partial charge < -0.3 is 9.73 Å². The molecule has 3 heterocycles. The number of nitrogens with zero attached hydrogens (tertiary/aromatic N) is 2. The molecule has 0 saturated carbocycles. The molecule has 4 aromatic rings. The van der Waals surface area contributed by atoms with E-state index in [2.05, 4.69) is 15.3 Å². The summed E-state index contributed by atoms with van der Waals surface area (Å²) in [4.78, 5) is 43.0. The van der Waals surface area contributed by atoms with Gasteiger partial charge in [0.1, 0.15) is 11.1 Å². The number of H-pyrrole nitrogens is 1. The number of furan rings is 1. The van der Waals surface area contributed by atoms with Crippen molar-refractivity contribution < 1.29 is 31.2 Å². The molecule has 0 atom stereocenters. The lowest BCUT2D eigenvalue weighted by atomic mass is 10.1. The Bertz CT molecular complexity index is 1560. The van der Waals surface area contributed by atoms with Gasteiger partial charge in [0, 0.05) is 23.6 Å². The molecule has 34 heavy (non-hydrogen) atoms. The minimum Gasteiger partial charge on any atom is -0.444 e. The van der Waals surface area contributed by atoms with Gasteiger partial charge in [0.2, 0.25) is 11.6 Å². The van der Waals surface area contributed by atoms with Gasteiger partial charge in [-0.15, -0.1) is 11.3 Å². The zero-order valence-electron chi connectivity index (χ0n) is 17.3. The first kappa shape index (κ1) is 23.4. The van der Waals surface area contributed by atoms with E-state index >= 15 is 0 Å². The number of benzene rings is 1. The third-order valence-electron chi connectivity index (χ3n) is 5.00. The first-order chi connectivity index (χ1) is 15.9.